The Kier molecular flexibility index (Phi) is 5.15. The van der Waals surface area contributed by atoms with Gasteiger partial charge >= 0.3 is 0 Å². The zero-order valence-corrected chi connectivity index (χ0v) is 12.7. The number of carbonyl (C=O) groups excluding carboxylic acids is 1. The summed E-state index contributed by atoms with van der Waals surface area (Å²) in [6.07, 6.45) is 0.117. The van der Waals surface area contributed by atoms with Crippen molar-refractivity contribution in [2.24, 2.45) is 0 Å². The maximum atomic E-state index is 13.1. The van der Waals surface area contributed by atoms with Crippen LogP contribution < -0.4 is 4.74 Å². The van der Waals surface area contributed by atoms with E-state index in [9.17, 15) is 9.18 Å². The first-order chi connectivity index (χ1) is 9.54. The van der Waals surface area contributed by atoms with E-state index in [-0.39, 0.29) is 24.6 Å². The van der Waals surface area contributed by atoms with Gasteiger partial charge in [0.25, 0.3) is 0 Å². The average Bonchev–Trinajstić information content (AvgIpc) is 2.42. The molecule has 0 aliphatic heterocycles. The minimum atomic E-state index is -0.366. The first-order valence-electron chi connectivity index (χ1n) is 5.88. The molecule has 0 bridgehead atoms. The van der Waals surface area contributed by atoms with E-state index in [0.717, 1.165) is 0 Å². The van der Waals surface area contributed by atoms with Crippen LogP contribution in [0.1, 0.15) is 5.56 Å². The third kappa shape index (κ3) is 4.32. The highest BCUT2D eigenvalue weighted by atomic mass is 79.9. The van der Waals surface area contributed by atoms with Crippen LogP contribution in [-0.4, -0.2) is 12.4 Å². The summed E-state index contributed by atoms with van der Waals surface area (Å²) in [5, 5.41) is 0.604. The maximum Gasteiger partial charge on any atom is 0.174 e. The number of benzene rings is 2. The van der Waals surface area contributed by atoms with E-state index in [1.807, 2.05) is 0 Å². The number of ether oxygens (including phenoxy) is 1. The molecule has 0 spiro atoms. The van der Waals surface area contributed by atoms with Crippen LogP contribution >= 0.6 is 27.5 Å². The molecule has 0 amide bonds. The van der Waals surface area contributed by atoms with Crippen LogP contribution in [0.15, 0.2) is 46.9 Å². The Balaban J connectivity index is 1.92. The lowest BCUT2D eigenvalue weighted by Gasteiger charge is -2.07. The third-order valence-corrected chi connectivity index (χ3v) is 3.63. The van der Waals surface area contributed by atoms with Crippen LogP contribution in [-0.2, 0) is 11.2 Å². The van der Waals surface area contributed by atoms with Crippen molar-refractivity contribution >= 4 is 33.3 Å². The van der Waals surface area contributed by atoms with Crippen molar-refractivity contribution in [1.82, 2.24) is 0 Å². The molecule has 0 radical (unpaired) electrons. The number of ketones is 1. The van der Waals surface area contributed by atoms with Gasteiger partial charge in [0.15, 0.2) is 5.78 Å². The van der Waals surface area contributed by atoms with Gasteiger partial charge in [-0.05, 0) is 48.0 Å². The topological polar surface area (TPSA) is 26.3 Å². The second-order valence-electron chi connectivity index (χ2n) is 4.19. The standard InChI is InChI=1S/C15H11BrClFO2/c16-15-6-3-12(18)7-10(15)8-13(19)9-20-14-4-1-11(17)2-5-14/h1-7H,8-9H2. The Labute approximate surface area is 129 Å². The highest BCUT2D eigenvalue weighted by molar-refractivity contribution is 9.10. The van der Waals surface area contributed by atoms with Crippen LogP contribution in [0.4, 0.5) is 4.39 Å². The van der Waals surface area contributed by atoms with Crippen LogP contribution in [0, 0.1) is 5.82 Å². The summed E-state index contributed by atoms with van der Waals surface area (Å²) in [6, 6.07) is 11.0. The number of hydrogen-bond donors (Lipinski definition) is 0. The lowest BCUT2D eigenvalue weighted by Crippen LogP contribution is -2.14. The number of carbonyl (C=O) groups is 1. The van der Waals surface area contributed by atoms with Crippen molar-refractivity contribution in [3.8, 4) is 5.75 Å². The predicted molar refractivity (Wildman–Crippen MR) is 79.8 cm³/mol. The minimum Gasteiger partial charge on any atom is -0.486 e. The van der Waals surface area contributed by atoms with Gasteiger partial charge in [0, 0.05) is 15.9 Å². The van der Waals surface area contributed by atoms with Crippen LogP contribution in [0.5, 0.6) is 5.75 Å². The number of halogens is 3. The van der Waals surface area contributed by atoms with E-state index in [0.29, 0.717) is 20.8 Å². The van der Waals surface area contributed by atoms with Gasteiger partial charge in [-0.2, -0.15) is 0 Å². The van der Waals surface area contributed by atoms with Crippen LogP contribution in [0.2, 0.25) is 5.02 Å². The first-order valence-corrected chi connectivity index (χ1v) is 7.05. The van der Waals surface area contributed by atoms with Gasteiger partial charge in [0.1, 0.15) is 18.2 Å². The van der Waals surface area contributed by atoms with E-state index < -0.39 is 0 Å². The van der Waals surface area contributed by atoms with Crippen molar-refractivity contribution in [3.05, 3.63) is 63.3 Å². The molecular weight excluding hydrogens is 347 g/mol. The molecule has 0 saturated carbocycles. The maximum absolute atomic E-state index is 13.1. The van der Waals surface area contributed by atoms with Crippen LogP contribution in [0.25, 0.3) is 0 Å². The fraction of sp³-hybridized carbons (Fsp3) is 0.133. The first kappa shape index (κ1) is 15.0. The molecule has 0 fully saturated rings. The van der Waals surface area contributed by atoms with Crippen molar-refractivity contribution < 1.29 is 13.9 Å². The fourth-order valence-electron chi connectivity index (χ4n) is 1.64. The SMILES string of the molecule is O=C(COc1ccc(Cl)cc1)Cc1cc(F)ccc1Br. The van der Waals surface area contributed by atoms with Gasteiger partial charge in [-0.3, -0.25) is 4.79 Å². The Morgan fingerprint density at radius 2 is 1.90 bits per heavy atom. The van der Waals surface area contributed by atoms with Crippen molar-refractivity contribution in [1.29, 1.82) is 0 Å². The molecule has 0 heterocycles. The summed E-state index contributed by atoms with van der Waals surface area (Å²) < 4.78 is 19.2. The van der Waals surface area contributed by atoms with E-state index >= 15 is 0 Å². The second kappa shape index (κ2) is 6.86. The van der Waals surface area contributed by atoms with Crippen molar-refractivity contribution in [2.45, 2.75) is 6.42 Å². The third-order valence-electron chi connectivity index (χ3n) is 2.61. The zero-order chi connectivity index (χ0) is 14.5. The molecule has 2 aromatic carbocycles. The lowest BCUT2D eigenvalue weighted by molar-refractivity contribution is -0.120. The lowest BCUT2D eigenvalue weighted by atomic mass is 10.1. The Morgan fingerprint density at radius 3 is 2.60 bits per heavy atom. The molecule has 0 atom stereocenters. The van der Waals surface area contributed by atoms with Gasteiger partial charge in [0.2, 0.25) is 0 Å². The Hall–Kier alpha value is -1.39. The molecule has 5 heteroatoms. The summed E-state index contributed by atoms with van der Waals surface area (Å²) in [7, 11) is 0. The van der Waals surface area contributed by atoms with Gasteiger partial charge in [-0.25, -0.2) is 4.39 Å². The van der Waals surface area contributed by atoms with Crippen molar-refractivity contribution in [3.63, 3.8) is 0 Å². The van der Waals surface area contributed by atoms with Crippen LogP contribution in [0.3, 0.4) is 0 Å². The predicted octanol–water partition coefficient (Wildman–Crippen LogP) is 4.43. The summed E-state index contributed by atoms with van der Waals surface area (Å²) >= 11 is 9.04. The monoisotopic (exact) mass is 356 g/mol. The normalized spacial score (nSPS) is 10.3. The number of hydrogen-bond acceptors (Lipinski definition) is 2. The minimum absolute atomic E-state index is 0.0649. The second-order valence-corrected chi connectivity index (χ2v) is 5.48. The largest absolute Gasteiger partial charge is 0.486 e. The number of Topliss-reactive ketones (excluding diaryl/α,β-unsaturated/α-hetero) is 1. The molecule has 0 aromatic heterocycles. The van der Waals surface area contributed by atoms with Crippen molar-refractivity contribution in [2.75, 3.05) is 6.61 Å². The molecular formula is C15H11BrClFO2. The van der Waals surface area contributed by atoms with E-state index in [2.05, 4.69) is 15.9 Å². The summed E-state index contributed by atoms with van der Waals surface area (Å²) in [5.74, 6) is 0.0712. The molecule has 104 valence electrons. The average molecular weight is 358 g/mol. The summed E-state index contributed by atoms with van der Waals surface area (Å²) in [4.78, 5) is 11.8. The molecule has 0 N–H and O–H groups in total. The number of rotatable bonds is 5. The van der Waals surface area contributed by atoms with E-state index in [1.54, 1.807) is 30.3 Å². The smallest absolute Gasteiger partial charge is 0.174 e. The summed E-state index contributed by atoms with van der Waals surface area (Å²) in [5.41, 5.74) is 0.606. The quantitative estimate of drug-likeness (QED) is 0.791. The molecule has 0 aliphatic rings. The summed E-state index contributed by atoms with van der Waals surface area (Å²) in [6.45, 7) is -0.0649. The molecule has 20 heavy (non-hydrogen) atoms. The van der Waals surface area contributed by atoms with Gasteiger partial charge < -0.3 is 4.74 Å². The van der Waals surface area contributed by atoms with E-state index in [1.165, 1.54) is 12.1 Å². The Bertz CT molecular complexity index is 614. The molecule has 0 saturated heterocycles. The van der Waals surface area contributed by atoms with Gasteiger partial charge in [-0.15, -0.1) is 0 Å². The van der Waals surface area contributed by atoms with E-state index in [4.69, 9.17) is 16.3 Å². The molecule has 2 aromatic rings. The molecule has 2 nitrogen and oxygen atoms in total. The highest BCUT2D eigenvalue weighted by Crippen LogP contribution is 2.19. The van der Waals surface area contributed by atoms with Gasteiger partial charge in [0.05, 0.1) is 0 Å². The van der Waals surface area contributed by atoms with Gasteiger partial charge in [-0.1, -0.05) is 27.5 Å². The molecule has 0 aliphatic carbocycles. The fourth-order valence-corrected chi connectivity index (χ4v) is 2.15. The zero-order valence-electron chi connectivity index (χ0n) is 10.4. The highest BCUT2D eigenvalue weighted by Gasteiger charge is 2.09. The Morgan fingerprint density at radius 1 is 1.20 bits per heavy atom. The molecule has 0 unspecified atom stereocenters. The molecule has 2 rings (SSSR count).